The van der Waals surface area contributed by atoms with Crippen molar-refractivity contribution in [2.45, 2.75) is 20.3 Å². The summed E-state index contributed by atoms with van der Waals surface area (Å²) in [6.07, 6.45) is 3.43. The molecule has 0 fully saturated rings. The summed E-state index contributed by atoms with van der Waals surface area (Å²) in [4.78, 5) is 23.0. The quantitative estimate of drug-likeness (QED) is 0.526. The fourth-order valence-corrected chi connectivity index (χ4v) is 1.54. The number of hydrogen-bond donors (Lipinski definition) is 3. The molecule has 4 N–H and O–H groups in total. The van der Waals surface area contributed by atoms with Crippen LogP contribution in [-0.4, -0.2) is 24.9 Å². The van der Waals surface area contributed by atoms with E-state index in [1.807, 2.05) is 26.0 Å². The van der Waals surface area contributed by atoms with Gasteiger partial charge in [-0.25, -0.2) is 0 Å². The van der Waals surface area contributed by atoms with Gasteiger partial charge in [0.2, 0.25) is 11.8 Å². The second kappa shape index (κ2) is 8.79. The van der Waals surface area contributed by atoms with Crippen LogP contribution in [0.4, 0.5) is 5.69 Å². The number of nitrogens with two attached hydrogens (primary N) is 1. The SMILES string of the molecule is CC(C)CNC(=O)CCNC(=O)/C=C/c1ccc(N)cc1. The molecule has 114 valence electrons. The van der Waals surface area contributed by atoms with Gasteiger partial charge >= 0.3 is 0 Å². The molecule has 5 heteroatoms. The molecule has 0 aromatic heterocycles. The van der Waals surface area contributed by atoms with Crippen molar-refractivity contribution in [3.63, 3.8) is 0 Å². The number of nitrogen functional groups attached to an aromatic ring is 1. The van der Waals surface area contributed by atoms with E-state index in [9.17, 15) is 9.59 Å². The Balaban J connectivity index is 2.25. The van der Waals surface area contributed by atoms with Crippen molar-refractivity contribution in [1.82, 2.24) is 10.6 Å². The number of carbonyl (C=O) groups is 2. The number of rotatable bonds is 7. The summed E-state index contributed by atoms with van der Waals surface area (Å²) < 4.78 is 0. The smallest absolute Gasteiger partial charge is 0.244 e. The number of anilines is 1. The van der Waals surface area contributed by atoms with Gasteiger partial charge < -0.3 is 16.4 Å². The van der Waals surface area contributed by atoms with E-state index in [1.165, 1.54) is 6.08 Å². The average molecular weight is 289 g/mol. The van der Waals surface area contributed by atoms with Crippen molar-refractivity contribution in [2.24, 2.45) is 5.92 Å². The van der Waals surface area contributed by atoms with Crippen molar-refractivity contribution >= 4 is 23.6 Å². The van der Waals surface area contributed by atoms with Gasteiger partial charge in [-0.05, 0) is 29.7 Å². The van der Waals surface area contributed by atoms with E-state index in [0.717, 1.165) is 5.56 Å². The topological polar surface area (TPSA) is 84.2 Å². The van der Waals surface area contributed by atoms with Gasteiger partial charge in [-0.1, -0.05) is 26.0 Å². The normalized spacial score (nSPS) is 10.8. The summed E-state index contributed by atoms with van der Waals surface area (Å²) in [7, 11) is 0. The molecular formula is C16H23N3O2. The molecule has 0 saturated heterocycles. The second-order valence-electron chi connectivity index (χ2n) is 5.24. The predicted molar refractivity (Wildman–Crippen MR) is 85.4 cm³/mol. The third-order valence-corrected chi connectivity index (χ3v) is 2.72. The van der Waals surface area contributed by atoms with Crippen LogP contribution < -0.4 is 16.4 Å². The molecule has 0 heterocycles. The number of benzene rings is 1. The van der Waals surface area contributed by atoms with Gasteiger partial charge in [0.25, 0.3) is 0 Å². The summed E-state index contributed by atoms with van der Waals surface area (Å²) >= 11 is 0. The summed E-state index contributed by atoms with van der Waals surface area (Å²) in [6, 6.07) is 7.21. The van der Waals surface area contributed by atoms with Crippen LogP contribution in [0, 0.1) is 5.92 Å². The van der Waals surface area contributed by atoms with Crippen LogP contribution in [0.5, 0.6) is 0 Å². The van der Waals surface area contributed by atoms with E-state index < -0.39 is 0 Å². The van der Waals surface area contributed by atoms with Crippen LogP contribution >= 0.6 is 0 Å². The lowest BCUT2D eigenvalue weighted by molar-refractivity contribution is -0.121. The van der Waals surface area contributed by atoms with E-state index in [-0.39, 0.29) is 18.2 Å². The highest BCUT2D eigenvalue weighted by atomic mass is 16.2. The molecule has 1 rings (SSSR count). The zero-order chi connectivity index (χ0) is 15.7. The van der Waals surface area contributed by atoms with E-state index in [2.05, 4.69) is 10.6 Å². The molecular weight excluding hydrogens is 266 g/mol. The van der Waals surface area contributed by atoms with Crippen LogP contribution in [0.3, 0.4) is 0 Å². The van der Waals surface area contributed by atoms with Gasteiger partial charge in [-0.15, -0.1) is 0 Å². The Morgan fingerprint density at radius 2 is 1.86 bits per heavy atom. The number of carbonyl (C=O) groups excluding carboxylic acids is 2. The number of nitrogens with one attached hydrogen (secondary N) is 2. The van der Waals surface area contributed by atoms with Crippen LogP contribution in [0.15, 0.2) is 30.3 Å². The molecule has 0 atom stereocenters. The highest BCUT2D eigenvalue weighted by molar-refractivity contribution is 5.92. The zero-order valence-corrected chi connectivity index (χ0v) is 12.6. The first kappa shape index (κ1) is 16.8. The Morgan fingerprint density at radius 3 is 2.48 bits per heavy atom. The third kappa shape index (κ3) is 7.77. The molecule has 1 aromatic rings. The monoisotopic (exact) mass is 289 g/mol. The van der Waals surface area contributed by atoms with Gasteiger partial charge in [0.15, 0.2) is 0 Å². The molecule has 0 aliphatic rings. The van der Waals surface area contributed by atoms with E-state index >= 15 is 0 Å². The third-order valence-electron chi connectivity index (χ3n) is 2.72. The van der Waals surface area contributed by atoms with Crippen LogP contribution in [-0.2, 0) is 9.59 Å². The molecule has 1 aromatic carbocycles. The van der Waals surface area contributed by atoms with Crippen molar-refractivity contribution in [2.75, 3.05) is 18.8 Å². The molecule has 0 radical (unpaired) electrons. The molecule has 0 aliphatic carbocycles. The zero-order valence-electron chi connectivity index (χ0n) is 12.6. The Labute approximate surface area is 125 Å². The van der Waals surface area contributed by atoms with Crippen molar-refractivity contribution in [3.05, 3.63) is 35.9 Å². The Bertz CT molecular complexity index is 493. The highest BCUT2D eigenvalue weighted by Crippen LogP contribution is 2.06. The molecule has 0 unspecified atom stereocenters. The van der Waals surface area contributed by atoms with Crippen molar-refractivity contribution < 1.29 is 9.59 Å². The van der Waals surface area contributed by atoms with Crippen LogP contribution in [0.2, 0.25) is 0 Å². The average Bonchev–Trinajstić information content (AvgIpc) is 2.44. The molecule has 0 spiro atoms. The lowest BCUT2D eigenvalue weighted by atomic mass is 10.2. The Hall–Kier alpha value is -2.30. The summed E-state index contributed by atoms with van der Waals surface area (Å²) in [5.74, 6) is 0.154. The first-order valence-corrected chi connectivity index (χ1v) is 7.05. The van der Waals surface area contributed by atoms with Gasteiger partial charge in [0.1, 0.15) is 0 Å². The maximum atomic E-state index is 11.6. The van der Waals surface area contributed by atoms with E-state index in [0.29, 0.717) is 24.7 Å². The molecule has 0 bridgehead atoms. The fourth-order valence-electron chi connectivity index (χ4n) is 1.54. The molecule has 0 saturated carbocycles. The summed E-state index contributed by atoms with van der Waals surface area (Å²) in [6.45, 7) is 5.05. The first-order valence-electron chi connectivity index (χ1n) is 7.05. The highest BCUT2D eigenvalue weighted by Gasteiger charge is 2.02. The van der Waals surface area contributed by atoms with Crippen LogP contribution in [0.25, 0.3) is 6.08 Å². The maximum absolute atomic E-state index is 11.6. The lowest BCUT2D eigenvalue weighted by Crippen LogP contribution is -2.31. The van der Waals surface area contributed by atoms with E-state index in [1.54, 1.807) is 18.2 Å². The van der Waals surface area contributed by atoms with Crippen molar-refractivity contribution in [3.8, 4) is 0 Å². The van der Waals surface area contributed by atoms with Gasteiger partial charge in [0.05, 0.1) is 0 Å². The minimum atomic E-state index is -0.219. The number of hydrogen-bond acceptors (Lipinski definition) is 3. The summed E-state index contributed by atoms with van der Waals surface area (Å²) in [5.41, 5.74) is 7.16. The second-order valence-corrected chi connectivity index (χ2v) is 5.24. The van der Waals surface area contributed by atoms with E-state index in [4.69, 9.17) is 5.73 Å². The minimum Gasteiger partial charge on any atom is -0.399 e. The molecule has 0 aliphatic heterocycles. The standard InChI is InChI=1S/C16H23N3O2/c1-12(2)11-19-16(21)9-10-18-15(20)8-5-13-3-6-14(17)7-4-13/h3-8,12H,9-11,17H2,1-2H3,(H,18,20)(H,19,21)/b8-5+. The predicted octanol–water partition coefficient (Wildman–Crippen LogP) is 1.56. The van der Waals surface area contributed by atoms with Crippen LogP contribution in [0.1, 0.15) is 25.8 Å². The van der Waals surface area contributed by atoms with Gasteiger partial charge in [-0.3, -0.25) is 9.59 Å². The maximum Gasteiger partial charge on any atom is 0.244 e. The van der Waals surface area contributed by atoms with Crippen molar-refractivity contribution in [1.29, 1.82) is 0 Å². The minimum absolute atomic E-state index is 0.0495. The largest absolute Gasteiger partial charge is 0.399 e. The summed E-state index contributed by atoms with van der Waals surface area (Å²) in [5, 5.41) is 5.47. The Morgan fingerprint density at radius 1 is 1.19 bits per heavy atom. The van der Waals surface area contributed by atoms with Gasteiger partial charge in [-0.2, -0.15) is 0 Å². The lowest BCUT2D eigenvalue weighted by Gasteiger charge is -2.07. The molecule has 5 nitrogen and oxygen atoms in total. The Kier molecular flexibility index (Phi) is 7.01. The van der Waals surface area contributed by atoms with Gasteiger partial charge in [0, 0.05) is 31.3 Å². The number of amides is 2. The molecule has 21 heavy (non-hydrogen) atoms. The fraction of sp³-hybridized carbons (Fsp3) is 0.375. The molecule has 2 amide bonds. The first-order chi connectivity index (χ1) is 9.97.